The summed E-state index contributed by atoms with van der Waals surface area (Å²) in [6.07, 6.45) is -5.28. The molecule has 0 unspecified atom stereocenters. The summed E-state index contributed by atoms with van der Waals surface area (Å²) in [5, 5.41) is 9.56. The van der Waals surface area contributed by atoms with Gasteiger partial charge in [0.05, 0.1) is 31.0 Å². The van der Waals surface area contributed by atoms with E-state index in [1.54, 1.807) is 6.92 Å². The fourth-order valence-corrected chi connectivity index (χ4v) is 3.16. The van der Waals surface area contributed by atoms with Gasteiger partial charge in [-0.15, -0.1) is 0 Å². The summed E-state index contributed by atoms with van der Waals surface area (Å²) in [6, 6.07) is 4.41. The number of hydrogen-bond donors (Lipinski definition) is 1. The van der Waals surface area contributed by atoms with E-state index < -0.39 is 23.8 Å². The molecule has 28 heavy (non-hydrogen) atoms. The summed E-state index contributed by atoms with van der Waals surface area (Å²) in [6.45, 7) is 4.61. The van der Waals surface area contributed by atoms with Gasteiger partial charge in [0.15, 0.2) is 0 Å². The van der Waals surface area contributed by atoms with Crippen LogP contribution in [0.2, 0.25) is 0 Å². The largest absolute Gasteiger partial charge is 0.416 e. The molecule has 1 N–H and O–H groups in total. The molecule has 2 atom stereocenters. The summed E-state index contributed by atoms with van der Waals surface area (Å²) in [5.41, 5.74) is -0.885. The molecule has 0 aromatic heterocycles. The average Bonchev–Trinajstić information content (AvgIpc) is 2.63. The Morgan fingerprint density at radius 2 is 2.21 bits per heavy atom. The van der Waals surface area contributed by atoms with Gasteiger partial charge in [0.25, 0.3) is 5.91 Å². The van der Waals surface area contributed by atoms with E-state index in [4.69, 9.17) is 9.47 Å². The molecule has 1 aliphatic heterocycles. The monoisotopic (exact) mass is 404 g/mol. The van der Waals surface area contributed by atoms with Crippen molar-refractivity contribution in [2.45, 2.75) is 25.3 Å². The maximum absolute atomic E-state index is 13.0. The highest BCUT2D eigenvalue weighted by atomic mass is 19.4. The average molecular weight is 404 g/mol. The van der Waals surface area contributed by atoms with Crippen LogP contribution >= 0.6 is 0 Å². The molecule has 0 radical (unpaired) electrons. The number of aliphatic hydroxyl groups excluding tert-OH is 1. The van der Waals surface area contributed by atoms with Crippen LogP contribution in [-0.2, 0) is 15.7 Å². The topological polar surface area (TPSA) is 62.2 Å². The number of aliphatic hydroxyl groups is 1. The Morgan fingerprint density at radius 3 is 2.86 bits per heavy atom. The number of rotatable bonds is 8. The normalized spacial score (nSPS) is 19.4. The van der Waals surface area contributed by atoms with Gasteiger partial charge in [0.2, 0.25) is 0 Å². The van der Waals surface area contributed by atoms with Crippen molar-refractivity contribution in [3.63, 3.8) is 0 Å². The van der Waals surface area contributed by atoms with Crippen molar-refractivity contribution in [3.8, 4) is 0 Å². The number of morpholine rings is 1. The smallest absolute Gasteiger partial charge is 0.392 e. The van der Waals surface area contributed by atoms with Crippen molar-refractivity contribution in [3.05, 3.63) is 35.4 Å². The molecule has 1 aromatic carbocycles. The second-order valence-electron chi connectivity index (χ2n) is 6.92. The molecular weight excluding hydrogens is 377 g/mol. The van der Waals surface area contributed by atoms with Crippen LogP contribution in [0.3, 0.4) is 0 Å². The van der Waals surface area contributed by atoms with Gasteiger partial charge < -0.3 is 19.5 Å². The van der Waals surface area contributed by atoms with E-state index in [-0.39, 0.29) is 31.4 Å². The summed E-state index contributed by atoms with van der Waals surface area (Å²) in [7, 11) is 1.49. The van der Waals surface area contributed by atoms with Gasteiger partial charge in [-0.05, 0) is 25.1 Å². The van der Waals surface area contributed by atoms with E-state index in [1.165, 1.54) is 24.1 Å². The van der Waals surface area contributed by atoms with Crippen molar-refractivity contribution in [1.82, 2.24) is 9.80 Å². The van der Waals surface area contributed by atoms with E-state index in [2.05, 4.69) is 0 Å². The summed E-state index contributed by atoms with van der Waals surface area (Å²) < 4.78 is 49.7. The van der Waals surface area contributed by atoms with E-state index >= 15 is 0 Å². The van der Waals surface area contributed by atoms with Crippen LogP contribution in [0.25, 0.3) is 0 Å². The zero-order valence-electron chi connectivity index (χ0n) is 16.1. The lowest BCUT2D eigenvalue weighted by Gasteiger charge is -2.36. The van der Waals surface area contributed by atoms with Gasteiger partial charge in [-0.25, -0.2) is 0 Å². The van der Waals surface area contributed by atoms with Crippen molar-refractivity contribution in [2.75, 3.05) is 53.0 Å². The lowest BCUT2D eigenvalue weighted by molar-refractivity contribution is -0.137. The van der Waals surface area contributed by atoms with Crippen LogP contribution in [0.4, 0.5) is 13.2 Å². The predicted molar refractivity (Wildman–Crippen MR) is 97.1 cm³/mol. The Kier molecular flexibility index (Phi) is 8.23. The van der Waals surface area contributed by atoms with E-state index in [0.717, 1.165) is 12.1 Å². The summed E-state index contributed by atoms with van der Waals surface area (Å²) in [4.78, 5) is 16.4. The van der Waals surface area contributed by atoms with Crippen molar-refractivity contribution >= 4 is 5.91 Å². The minimum atomic E-state index is -4.51. The van der Waals surface area contributed by atoms with Crippen molar-refractivity contribution in [2.24, 2.45) is 0 Å². The number of halogens is 3. The predicted octanol–water partition coefficient (Wildman–Crippen LogP) is 1.88. The molecule has 1 saturated heterocycles. The van der Waals surface area contributed by atoms with E-state index in [0.29, 0.717) is 26.2 Å². The first-order chi connectivity index (χ1) is 13.2. The molecule has 2 rings (SSSR count). The minimum Gasteiger partial charge on any atom is -0.392 e. The molecular formula is C19H27F3N2O4. The molecule has 1 amide bonds. The third kappa shape index (κ3) is 6.73. The van der Waals surface area contributed by atoms with E-state index in [9.17, 15) is 23.1 Å². The molecule has 158 valence electrons. The second-order valence-corrected chi connectivity index (χ2v) is 6.92. The number of carbonyl (C=O) groups excluding carboxylic acids is 1. The molecule has 1 aromatic rings. The fraction of sp³-hybridized carbons (Fsp3) is 0.632. The first-order valence-electron chi connectivity index (χ1n) is 9.18. The number of hydrogen-bond acceptors (Lipinski definition) is 5. The zero-order valence-corrected chi connectivity index (χ0v) is 16.1. The number of amides is 1. The number of carbonyl (C=O) groups is 1. The Labute approximate surface area is 162 Å². The molecule has 0 spiro atoms. The van der Waals surface area contributed by atoms with Gasteiger partial charge in [-0.2, -0.15) is 13.2 Å². The minimum absolute atomic E-state index is 0.0254. The highest BCUT2D eigenvalue weighted by Crippen LogP contribution is 2.29. The zero-order chi connectivity index (χ0) is 20.7. The third-order valence-electron chi connectivity index (χ3n) is 4.46. The number of ether oxygens (including phenoxy) is 2. The van der Waals surface area contributed by atoms with Gasteiger partial charge in [-0.1, -0.05) is 6.07 Å². The Bertz CT molecular complexity index is 640. The van der Waals surface area contributed by atoms with Gasteiger partial charge in [0, 0.05) is 45.4 Å². The van der Waals surface area contributed by atoms with Crippen LogP contribution in [-0.4, -0.2) is 86.1 Å². The lowest BCUT2D eigenvalue weighted by atomic mass is 10.1. The SMILES string of the molecule is COCCN(C[C@@H]1CN(C[C@@H](C)O)CCO1)C(=O)c1cccc(C(F)(F)F)c1. The Hall–Kier alpha value is -1.68. The Morgan fingerprint density at radius 1 is 1.46 bits per heavy atom. The molecule has 9 heteroatoms. The molecule has 6 nitrogen and oxygen atoms in total. The summed E-state index contributed by atoms with van der Waals surface area (Å²) >= 11 is 0. The molecule has 0 aliphatic carbocycles. The molecule has 1 aliphatic rings. The van der Waals surface area contributed by atoms with Gasteiger partial charge in [0.1, 0.15) is 0 Å². The van der Waals surface area contributed by atoms with Crippen molar-refractivity contribution in [1.29, 1.82) is 0 Å². The number of alkyl halides is 3. The second kappa shape index (κ2) is 10.2. The number of benzene rings is 1. The number of nitrogens with zero attached hydrogens (tertiary/aromatic N) is 2. The third-order valence-corrected chi connectivity index (χ3v) is 4.46. The van der Waals surface area contributed by atoms with Gasteiger partial charge in [-0.3, -0.25) is 9.69 Å². The van der Waals surface area contributed by atoms with Crippen LogP contribution in [0.5, 0.6) is 0 Å². The van der Waals surface area contributed by atoms with Crippen LogP contribution in [0.1, 0.15) is 22.8 Å². The maximum atomic E-state index is 13.0. The molecule has 0 saturated carbocycles. The molecule has 1 heterocycles. The summed E-state index contributed by atoms with van der Waals surface area (Å²) in [5.74, 6) is -0.501. The highest BCUT2D eigenvalue weighted by Gasteiger charge is 2.32. The molecule has 1 fully saturated rings. The Balaban J connectivity index is 2.11. The van der Waals surface area contributed by atoms with Crippen LogP contribution in [0, 0.1) is 0 Å². The van der Waals surface area contributed by atoms with Crippen LogP contribution < -0.4 is 0 Å². The van der Waals surface area contributed by atoms with Crippen LogP contribution in [0.15, 0.2) is 24.3 Å². The van der Waals surface area contributed by atoms with Crippen molar-refractivity contribution < 1.29 is 32.5 Å². The highest BCUT2D eigenvalue weighted by molar-refractivity contribution is 5.94. The quantitative estimate of drug-likeness (QED) is 0.717. The van der Waals surface area contributed by atoms with Gasteiger partial charge >= 0.3 is 6.18 Å². The first kappa shape index (κ1) is 22.6. The fourth-order valence-electron chi connectivity index (χ4n) is 3.16. The first-order valence-corrected chi connectivity index (χ1v) is 9.18. The lowest BCUT2D eigenvalue weighted by Crippen LogP contribution is -2.50. The van der Waals surface area contributed by atoms with E-state index in [1.807, 2.05) is 4.90 Å². The maximum Gasteiger partial charge on any atom is 0.416 e. The number of methoxy groups -OCH3 is 1. The molecule has 0 bridgehead atoms. The number of β-amino-alcohol motifs (C(OH)–C–C–N with tert-alkyl or cyclic N) is 1. The standard InChI is InChI=1S/C19H27F3N2O4/c1-14(25)11-23-6-9-28-17(12-23)13-24(7-8-27-2)18(26)15-4-3-5-16(10-15)19(20,21)22/h3-5,10,14,17,25H,6-9,11-13H2,1-2H3/t14-,17+/m1/s1.